The predicted octanol–water partition coefficient (Wildman–Crippen LogP) is 2.41. The fraction of sp³-hybridized carbons (Fsp3) is 0.500. The quantitative estimate of drug-likeness (QED) is 0.514. The Balaban J connectivity index is 1.79. The van der Waals surface area contributed by atoms with E-state index in [9.17, 15) is 14.4 Å². The van der Waals surface area contributed by atoms with Gasteiger partial charge in [-0.15, -0.1) is 0 Å². The molecular formula is C20H28N4O5. The van der Waals surface area contributed by atoms with Gasteiger partial charge in [-0.1, -0.05) is 30.3 Å². The van der Waals surface area contributed by atoms with Crippen LogP contribution in [0.3, 0.4) is 0 Å². The van der Waals surface area contributed by atoms with Crippen molar-refractivity contribution in [1.29, 1.82) is 5.41 Å². The molecule has 2 rings (SSSR count). The van der Waals surface area contributed by atoms with Crippen molar-refractivity contribution in [2.24, 2.45) is 0 Å². The number of amides is 3. The van der Waals surface area contributed by atoms with Crippen LogP contribution in [0.4, 0.5) is 9.59 Å². The van der Waals surface area contributed by atoms with Gasteiger partial charge in [0.15, 0.2) is 0 Å². The van der Waals surface area contributed by atoms with Gasteiger partial charge in [-0.05, 0) is 39.2 Å². The van der Waals surface area contributed by atoms with E-state index >= 15 is 0 Å². The Bertz CT molecular complexity index is 745. The van der Waals surface area contributed by atoms with Crippen LogP contribution in [0.2, 0.25) is 0 Å². The summed E-state index contributed by atoms with van der Waals surface area (Å²) >= 11 is 0. The highest BCUT2D eigenvalue weighted by Gasteiger charge is 2.31. The van der Waals surface area contributed by atoms with Crippen molar-refractivity contribution < 1.29 is 23.9 Å². The smallest absolute Gasteiger partial charge is 0.412 e. The van der Waals surface area contributed by atoms with E-state index in [1.54, 1.807) is 20.8 Å². The van der Waals surface area contributed by atoms with Crippen molar-refractivity contribution in [3.05, 3.63) is 35.9 Å². The summed E-state index contributed by atoms with van der Waals surface area (Å²) in [7, 11) is 0. The Morgan fingerprint density at radius 3 is 2.55 bits per heavy atom. The minimum atomic E-state index is -0.758. The van der Waals surface area contributed by atoms with E-state index in [0.717, 1.165) is 5.56 Å². The zero-order valence-corrected chi connectivity index (χ0v) is 17.0. The van der Waals surface area contributed by atoms with Crippen LogP contribution in [-0.2, 0) is 20.9 Å². The first kappa shape index (κ1) is 22.2. The molecule has 1 fully saturated rings. The molecule has 9 nitrogen and oxygen atoms in total. The molecule has 1 aliphatic heterocycles. The van der Waals surface area contributed by atoms with E-state index in [0.29, 0.717) is 19.4 Å². The molecule has 1 saturated heterocycles. The third kappa shape index (κ3) is 7.81. The largest absolute Gasteiger partial charge is 0.444 e. The molecule has 1 aromatic carbocycles. The molecule has 1 heterocycles. The minimum Gasteiger partial charge on any atom is -0.444 e. The van der Waals surface area contributed by atoms with Crippen LogP contribution < -0.4 is 10.6 Å². The van der Waals surface area contributed by atoms with Gasteiger partial charge >= 0.3 is 12.2 Å². The summed E-state index contributed by atoms with van der Waals surface area (Å²) in [5.41, 5.74) is 0.171. The summed E-state index contributed by atoms with van der Waals surface area (Å²) in [5, 5.41) is 12.8. The number of rotatable bonds is 5. The number of nitrogens with one attached hydrogen (secondary N) is 3. The Hall–Kier alpha value is -3.10. The average Bonchev–Trinajstić information content (AvgIpc) is 2.62. The van der Waals surface area contributed by atoms with E-state index in [1.165, 1.54) is 4.90 Å². The molecule has 1 aromatic rings. The first-order chi connectivity index (χ1) is 13.6. The minimum absolute atomic E-state index is 0.0776. The number of hydrogen-bond donors (Lipinski definition) is 3. The average molecular weight is 404 g/mol. The Kier molecular flexibility index (Phi) is 7.58. The van der Waals surface area contributed by atoms with Gasteiger partial charge in [-0.25, -0.2) is 9.59 Å². The number of alkyl carbamates (subject to hydrolysis) is 2. The van der Waals surface area contributed by atoms with Crippen molar-refractivity contribution in [1.82, 2.24) is 15.5 Å². The van der Waals surface area contributed by atoms with Crippen molar-refractivity contribution in [3.8, 4) is 0 Å². The van der Waals surface area contributed by atoms with Crippen LogP contribution >= 0.6 is 0 Å². The third-order valence-corrected chi connectivity index (χ3v) is 4.04. The molecule has 3 N–H and O–H groups in total. The van der Waals surface area contributed by atoms with Crippen LogP contribution in [0, 0.1) is 5.41 Å². The molecule has 1 atom stereocenters. The maximum Gasteiger partial charge on any atom is 0.412 e. The first-order valence-electron chi connectivity index (χ1n) is 9.47. The van der Waals surface area contributed by atoms with Crippen molar-refractivity contribution in [3.63, 3.8) is 0 Å². The molecule has 1 aliphatic rings. The van der Waals surface area contributed by atoms with E-state index in [-0.39, 0.29) is 24.9 Å². The molecule has 0 saturated carbocycles. The SMILES string of the molecule is CC(C)(C)OC(=O)N[C@H]1CCCN(CC(=N)NC(=O)OCc2ccccc2)C1=O. The second kappa shape index (κ2) is 9.90. The second-order valence-corrected chi connectivity index (χ2v) is 7.77. The molecule has 3 amide bonds. The highest BCUT2D eigenvalue weighted by atomic mass is 16.6. The lowest BCUT2D eigenvalue weighted by Gasteiger charge is -2.33. The number of benzene rings is 1. The molecular weight excluding hydrogens is 376 g/mol. The summed E-state index contributed by atoms with van der Waals surface area (Å²) in [4.78, 5) is 37.8. The maximum atomic E-state index is 12.6. The van der Waals surface area contributed by atoms with Gasteiger partial charge < -0.3 is 19.7 Å². The highest BCUT2D eigenvalue weighted by molar-refractivity contribution is 5.97. The molecule has 9 heteroatoms. The number of piperidine rings is 1. The fourth-order valence-electron chi connectivity index (χ4n) is 2.79. The van der Waals surface area contributed by atoms with Crippen LogP contribution in [0.15, 0.2) is 30.3 Å². The van der Waals surface area contributed by atoms with Gasteiger partial charge in [0.2, 0.25) is 5.91 Å². The zero-order valence-electron chi connectivity index (χ0n) is 17.0. The van der Waals surface area contributed by atoms with Gasteiger partial charge in [0.25, 0.3) is 0 Å². The highest BCUT2D eigenvalue weighted by Crippen LogP contribution is 2.13. The monoisotopic (exact) mass is 404 g/mol. The van der Waals surface area contributed by atoms with Crippen molar-refractivity contribution >= 4 is 23.9 Å². The summed E-state index contributed by atoms with van der Waals surface area (Å²) < 4.78 is 10.3. The van der Waals surface area contributed by atoms with Gasteiger partial charge in [-0.2, -0.15) is 0 Å². The second-order valence-electron chi connectivity index (χ2n) is 7.77. The normalized spacial score (nSPS) is 16.7. The Labute approximate surface area is 170 Å². The Morgan fingerprint density at radius 2 is 1.90 bits per heavy atom. The first-order valence-corrected chi connectivity index (χ1v) is 9.47. The topological polar surface area (TPSA) is 121 Å². The summed E-state index contributed by atoms with van der Waals surface area (Å²) in [5.74, 6) is -0.472. The van der Waals surface area contributed by atoms with E-state index in [2.05, 4.69) is 10.6 Å². The molecule has 0 aliphatic carbocycles. The predicted molar refractivity (Wildman–Crippen MR) is 106 cm³/mol. The molecule has 0 unspecified atom stereocenters. The number of carbonyl (C=O) groups is 3. The number of likely N-dealkylation sites (tertiary alicyclic amines) is 1. The summed E-state index contributed by atoms with van der Waals surface area (Å²) in [6.45, 7) is 5.67. The number of ether oxygens (including phenoxy) is 2. The fourth-order valence-corrected chi connectivity index (χ4v) is 2.79. The lowest BCUT2D eigenvalue weighted by molar-refractivity contribution is -0.135. The third-order valence-electron chi connectivity index (χ3n) is 4.04. The number of carbonyl (C=O) groups excluding carboxylic acids is 3. The molecule has 29 heavy (non-hydrogen) atoms. The van der Waals surface area contributed by atoms with Crippen molar-refractivity contribution in [2.75, 3.05) is 13.1 Å². The maximum absolute atomic E-state index is 12.6. The van der Waals surface area contributed by atoms with Crippen molar-refractivity contribution in [2.45, 2.75) is 51.9 Å². The van der Waals surface area contributed by atoms with Crippen LogP contribution in [0.25, 0.3) is 0 Å². The molecule has 0 aromatic heterocycles. The van der Waals surface area contributed by atoms with Crippen LogP contribution in [-0.4, -0.2) is 53.6 Å². The molecule has 0 bridgehead atoms. The number of hydrogen-bond acceptors (Lipinski definition) is 6. The lowest BCUT2D eigenvalue weighted by Crippen LogP contribution is -2.55. The lowest BCUT2D eigenvalue weighted by atomic mass is 10.0. The number of nitrogens with zero attached hydrogens (tertiary/aromatic N) is 1. The van der Waals surface area contributed by atoms with E-state index in [1.807, 2.05) is 30.3 Å². The van der Waals surface area contributed by atoms with Gasteiger partial charge in [0.05, 0.1) is 6.54 Å². The van der Waals surface area contributed by atoms with Crippen LogP contribution in [0.5, 0.6) is 0 Å². The summed E-state index contributed by atoms with van der Waals surface area (Å²) in [6, 6.07) is 8.47. The van der Waals surface area contributed by atoms with Gasteiger partial charge in [-0.3, -0.25) is 15.5 Å². The van der Waals surface area contributed by atoms with Crippen LogP contribution in [0.1, 0.15) is 39.2 Å². The molecule has 158 valence electrons. The van der Waals surface area contributed by atoms with E-state index < -0.39 is 23.8 Å². The van der Waals surface area contributed by atoms with Gasteiger partial charge in [0, 0.05) is 6.54 Å². The standard InChI is InChI=1S/C20H28N4O5/c1-20(2,3)29-19(27)22-15-10-7-11-24(17(15)25)12-16(21)23-18(26)28-13-14-8-5-4-6-9-14/h4-6,8-9,15H,7,10-13H2,1-3H3,(H,22,27)(H2,21,23,26)/t15-/m0/s1. The number of amidine groups is 1. The Morgan fingerprint density at radius 1 is 1.21 bits per heavy atom. The van der Waals surface area contributed by atoms with E-state index in [4.69, 9.17) is 14.9 Å². The zero-order chi connectivity index (χ0) is 21.4. The molecule has 0 radical (unpaired) electrons. The summed E-state index contributed by atoms with van der Waals surface area (Å²) in [6.07, 6.45) is -0.256. The molecule has 0 spiro atoms. The van der Waals surface area contributed by atoms with Gasteiger partial charge in [0.1, 0.15) is 24.1 Å².